The zero-order chi connectivity index (χ0) is 12.0. The van der Waals surface area contributed by atoms with Crippen LogP contribution in [0.3, 0.4) is 0 Å². The van der Waals surface area contributed by atoms with Gasteiger partial charge in [-0.15, -0.1) is 11.3 Å². The SMILES string of the molecule is Cc1ccc(C(=O)N2CC3CCC(N)C3C2)s1. The van der Waals surface area contributed by atoms with Crippen LogP contribution < -0.4 is 5.73 Å². The van der Waals surface area contributed by atoms with E-state index in [9.17, 15) is 4.79 Å². The summed E-state index contributed by atoms with van der Waals surface area (Å²) in [7, 11) is 0. The fraction of sp³-hybridized carbons (Fsp3) is 0.615. The molecule has 0 aromatic carbocycles. The third kappa shape index (κ3) is 1.89. The molecule has 3 rings (SSSR count). The largest absolute Gasteiger partial charge is 0.337 e. The number of carbonyl (C=O) groups is 1. The van der Waals surface area contributed by atoms with Gasteiger partial charge < -0.3 is 10.6 Å². The fourth-order valence-electron chi connectivity index (χ4n) is 3.18. The number of rotatable bonds is 1. The molecule has 3 atom stereocenters. The predicted molar refractivity (Wildman–Crippen MR) is 69.1 cm³/mol. The molecule has 3 unspecified atom stereocenters. The lowest BCUT2D eigenvalue weighted by Gasteiger charge is -2.17. The van der Waals surface area contributed by atoms with E-state index < -0.39 is 0 Å². The van der Waals surface area contributed by atoms with E-state index in [1.165, 1.54) is 11.3 Å². The number of nitrogens with zero attached hydrogens (tertiary/aromatic N) is 1. The molecule has 2 heterocycles. The van der Waals surface area contributed by atoms with Crippen molar-refractivity contribution in [3.05, 3.63) is 21.9 Å². The zero-order valence-corrected chi connectivity index (χ0v) is 10.9. The quantitative estimate of drug-likeness (QED) is 0.827. The van der Waals surface area contributed by atoms with Crippen LogP contribution in [0.4, 0.5) is 0 Å². The van der Waals surface area contributed by atoms with Crippen LogP contribution in [-0.4, -0.2) is 29.9 Å². The smallest absolute Gasteiger partial charge is 0.263 e. The highest BCUT2D eigenvalue weighted by molar-refractivity contribution is 7.13. The number of likely N-dealkylation sites (tertiary alicyclic amines) is 1. The summed E-state index contributed by atoms with van der Waals surface area (Å²) in [4.78, 5) is 16.4. The minimum absolute atomic E-state index is 0.199. The second-order valence-corrected chi connectivity index (χ2v) is 6.57. The average molecular weight is 250 g/mol. The summed E-state index contributed by atoms with van der Waals surface area (Å²) in [5, 5.41) is 0. The van der Waals surface area contributed by atoms with E-state index in [2.05, 4.69) is 0 Å². The van der Waals surface area contributed by atoms with Gasteiger partial charge in [-0.25, -0.2) is 0 Å². The van der Waals surface area contributed by atoms with Gasteiger partial charge in [-0.05, 0) is 43.7 Å². The molecule has 1 amide bonds. The Labute approximate surface area is 106 Å². The first-order valence-corrected chi connectivity index (χ1v) is 7.08. The first-order chi connectivity index (χ1) is 8.15. The third-order valence-corrected chi connectivity index (χ3v) is 5.14. The molecule has 1 aliphatic heterocycles. The molecule has 0 spiro atoms. The number of hydrogen-bond donors (Lipinski definition) is 1. The molecule has 2 aliphatic rings. The molecule has 0 radical (unpaired) electrons. The van der Waals surface area contributed by atoms with Crippen LogP contribution in [0.2, 0.25) is 0 Å². The zero-order valence-electron chi connectivity index (χ0n) is 10.1. The summed E-state index contributed by atoms with van der Waals surface area (Å²) in [6.07, 6.45) is 2.33. The van der Waals surface area contributed by atoms with Crippen LogP contribution in [0.15, 0.2) is 12.1 Å². The van der Waals surface area contributed by atoms with Crippen LogP contribution in [0, 0.1) is 18.8 Å². The summed E-state index contributed by atoms with van der Waals surface area (Å²) in [5.74, 6) is 1.39. The predicted octanol–water partition coefficient (Wildman–Crippen LogP) is 1.87. The fourth-order valence-corrected chi connectivity index (χ4v) is 4.01. The van der Waals surface area contributed by atoms with Gasteiger partial charge in [-0.3, -0.25) is 4.79 Å². The van der Waals surface area contributed by atoms with Gasteiger partial charge in [0.2, 0.25) is 0 Å². The molecule has 4 heteroatoms. The summed E-state index contributed by atoms with van der Waals surface area (Å²) in [6, 6.07) is 4.26. The van der Waals surface area contributed by atoms with Crippen molar-refractivity contribution in [2.24, 2.45) is 17.6 Å². The van der Waals surface area contributed by atoms with Gasteiger partial charge in [-0.1, -0.05) is 0 Å². The van der Waals surface area contributed by atoms with Crippen LogP contribution in [0.1, 0.15) is 27.4 Å². The van der Waals surface area contributed by atoms with E-state index in [-0.39, 0.29) is 5.91 Å². The molecule has 1 saturated carbocycles. The van der Waals surface area contributed by atoms with Crippen molar-refractivity contribution in [2.75, 3.05) is 13.1 Å². The van der Waals surface area contributed by atoms with Gasteiger partial charge in [0.1, 0.15) is 0 Å². The molecular formula is C13H18N2OS. The Balaban J connectivity index is 1.73. The van der Waals surface area contributed by atoms with Gasteiger partial charge in [-0.2, -0.15) is 0 Å². The molecule has 1 aromatic rings. The van der Waals surface area contributed by atoms with E-state index in [1.807, 2.05) is 24.0 Å². The lowest BCUT2D eigenvalue weighted by Crippen LogP contribution is -2.33. The van der Waals surface area contributed by atoms with E-state index >= 15 is 0 Å². The van der Waals surface area contributed by atoms with Crippen LogP contribution >= 0.6 is 11.3 Å². The Bertz CT molecular complexity index is 442. The van der Waals surface area contributed by atoms with E-state index in [0.29, 0.717) is 17.9 Å². The van der Waals surface area contributed by atoms with Gasteiger partial charge in [0, 0.05) is 24.0 Å². The highest BCUT2D eigenvalue weighted by Crippen LogP contribution is 2.37. The topological polar surface area (TPSA) is 46.3 Å². The van der Waals surface area contributed by atoms with Crippen molar-refractivity contribution in [1.82, 2.24) is 4.90 Å². The number of amides is 1. The number of fused-ring (bicyclic) bond motifs is 1. The highest BCUT2D eigenvalue weighted by atomic mass is 32.1. The number of aryl methyl sites for hydroxylation is 1. The van der Waals surface area contributed by atoms with Crippen molar-refractivity contribution in [1.29, 1.82) is 0 Å². The third-order valence-electron chi connectivity index (χ3n) is 4.15. The Morgan fingerprint density at radius 1 is 1.41 bits per heavy atom. The molecule has 2 fully saturated rings. The van der Waals surface area contributed by atoms with Gasteiger partial charge in [0.15, 0.2) is 0 Å². The molecule has 2 N–H and O–H groups in total. The maximum atomic E-state index is 12.3. The molecule has 0 bridgehead atoms. The Morgan fingerprint density at radius 3 is 2.88 bits per heavy atom. The maximum Gasteiger partial charge on any atom is 0.263 e. The first-order valence-electron chi connectivity index (χ1n) is 6.26. The van der Waals surface area contributed by atoms with Crippen molar-refractivity contribution >= 4 is 17.2 Å². The summed E-state index contributed by atoms with van der Waals surface area (Å²) < 4.78 is 0. The lowest BCUT2D eigenvalue weighted by atomic mass is 9.98. The van der Waals surface area contributed by atoms with Crippen LogP contribution in [0.25, 0.3) is 0 Å². The molecule has 1 aromatic heterocycles. The summed E-state index contributed by atoms with van der Waals surface area (Å²) in [6.45, 7) is 3.81. The number of carbonyl (C=O) groups excluding carboxylic acids is 1. The minimum atomic E-state index is 0.199. The maximum absolute atomic E-state index is 12.3. The van der Waals surface area contributed by atoms with Crippen molar-refractivity contribution in [3.8, 4) is 0 Å². The van der Waals surface area contributed by atoms with E-state index in [4.69, 9.17) is 5.73 Å². The van der Waals surface area contributed by atoms with Crippen LogP contribution in [0.5, 0.6) is 0 Å². The minimum Gasteiger partial charge on any atom is -0.337 e. The Kier molecular flexibility index (Phi) is 2.71. The van der Waals surface area contributed by atoms with Gasteiger partial charge in [0.25, 0.3) is 5.91 Å². The van der Waals surface area contributed by atoms with Crippen LogP contribution in [-0.2, 0) is 0 Å². The van der Waals surface area contributed by atoms with Crippen molar-refractivity contribution < 1.29 is 4.79 Å². The number of hydrogen-bond acceptors (Lipinski definition) is 3. The molecule has 92 valence electrons. The van der Waals surface area contributed by atoms with Gasteiger partial charge >= 0.3 is 0 Å². The molecular weight excluding hydrogens is 232 g/mol. The van der Waals surface area contributed by atoms with Gasteiger partial charge in [0.05, 0.1) is 4.88 Å². The monoisotopic (exact) mass is 250 g/mol. The van der Waals surface area contributed by atoms with Crippen molar-refractivity contribution in [3.63, 3.8) is 0 Å². The second kappa shape index (κ2) is 4.10. The number of nitrogens with two attached hydrogens (primary N) is 1. The standard InChI is InChI=1S/C13H18N2OS/c1-8-2-5-12(17-8)13(16)15-6-9-3-4-11(14)10(9)7-15/h2,5,9-11H,3-4,6-7,14H2,1H3. The molecule has 1 saturated heterocycles. The van der Waals surface area contributed by atoms with Crippen molar-refractivity contribution in [2.45, 2.75) is 25.8 Å². The molecule has 3 nitrogen and oxygen atoms in total. The van der Waals surface area contributed by atoms with E-state index in [1.54, 1.807) is 11.3 Å². The van der Waals surface area contributed by atoms with E-state index in [0.717, 1.165) is 24.4 Å². The average Bonchev–Trinajstić information content (AvgIpc) is 2.96. The Morgan fingerprint density at radius 2 is 2.24 bits per heavy atom. The summed E-state index contributed by atoms with van der Waals surface area (Å²) in [5.41, 5.74) is 6.09. The number of thiophene rings is 1. The first kappa shape index (κ1) is 11.2. The molecule has 17 heavy (non-hydrogen) atoms. The highest BCUT2D eigenvalue weighted by Gasteiger charge is 2.42. The lowest BCUT2D eigenvalue weighted by molar-refractivity contribution is 0.0784. The second-order valence-electron chi connectivity index (χ2n) is 5.29. The Hall–Kier alpha value is -0.870. The molecule has 1 aliphatic carbocycles. The summed E-state index contributed by atoms with van der Waals surface area (Å²) >= 11 is 1.59. The normalized spacial score (nSPS) is 31.9.